The Morgan fingerprint density at radius 2 is 2.06 bits per heavy atom. The lowest BCUT2D eigenvalue weighted by Crippen LogP contribution is -2.44. The van der Waals surface area contributed by atoms with Crippen LogP contribution in [-0.4, -0.2) is 45.5 Å². The van der Waals surface area contributed by atoms with Crippen LogP contribution >= 0.6 is 0 Å². The zero-order valence-corrected chi connectivity index (χ0v) is 10.5. The smallest absolute Gasteiger partial charge is 0.205 e. The van der Waals surface area contributed by atoms with Gasteiger partial charge in [0, 0.05) is 26.3 Å². The summed E-state index contributed by atoms with van der Waals surface area (Å²) in [6, 6.07) is 0.313. The summed E-state index contributed by atoms with van der Waals surface area (Å²) in [5.41, 5.74) is 2.52. The third-order valence-corrected chi connectivity index (χ3v) is 1.71. The van der Waals surface area contributed by atoms with Crippen molar-refractivity contribution in [1.82, 2.24) is 10.7 Å². The normalized spacial score (nSPS) is 11.9. The first-order valence-corrected chi connectivity index (χ1v) is 5.55. The fourth-order valence-electron chi connectivity index (χ4n) is 1.01. The molecule has 0 unspecified atom stereocenters. The maximum absolute atomic E-state index is 5.31. The van der Waals surface area contributed by atoms with Crippen molar-refractivity contribution in [3.63, 3.8) is 0 Å². The van der Waals surface area contributed by atoms with Crippen molar-refractivity contribution in [2.75, 3.05) is 33.5 Å². The molecule has 16 heavy (non-hydrogen) atoms. The van der Waals surface area contributed by atoms with E-state index >= 15 is 0 Å². The maximum Gasteiger partial charge on any atom is 0.205 e. The van der Waals surface area contributed by atoms with Gasteiger partial charge >= 0.3 is 0 Å². The minimum absolute atomic E-state index is 0.313. The summed E-state index contributed by atoms with van der Waals surface area (Å²) in [6.45, 7) is 6.69. The zero-order valence-electron chi connectivity index (χ0n) is 10.5. The molecule has 6 nitrogen and oxygen atoms in total. The number of hydrazine groups is 1. The monoisotopic (exact) mass is 232 g/mol. The van der Waals surface area contributed by atoms with Gasteiger partial charge in [-0.3, -0.25) is 10.4 Å². The van der Waals surface area contributed by atoms with E-state index in [1.807, 2.05) is 13.8 Å². The van der Waals surface area contributed by atoms with Gasteiger partial charge in [-0.05, 0) is 20.3 Å². The Labute approximate surface area is 97.6 Å². The van der Waals surface area contributed by atoms with Crippen molar-refractivity contribution < 1.29 is 9.47 Å². The average molecular weight is 232 g/mol. The lowest BCUT2D eigenvalue weighted by molar-refractivity contribution is 0.0702. The molecule has 0 spiro atoms. The fraction of sp³-hybridized carbons (Fsp3) is 0.900. The first kappa shape index (κ1) is 15.2. The largest absolute Gasteiger partial charge is 0.382 e. The van der Waals surface area contributed by atoms with Crippen LogP contribution in [0.2, 0.25) is 0 Å². The average Bonchev–Trinajstić information content (AvgIpc) is 2.25. The molecule has 0 bridgehead atoms. The predicted octanol–water partition coefficient (Wildman–Crippen LogP) is -0.143. The zero-order chi connectivity index (χ0) is 12.2. The molecule has 0 aromatic carbocycles. The van der Waals surface area contributed by atoms with Crippen LogP contribution in [-0.2, 0) is 9.47 Å². The van der Waals surface area contributed by atoms with Crippen LogP contribution < -0.4 is 16.6 Å². The lowest BCUT2D eigenvalue weighted by atomic mass is 10.4. The van der Waals surface area contributed by atoms with Crippen molar-refractivity contribution in [3.8, 4) is 0 Å². The number of guanidine groups is 1. The molecule has 0 saturated carbocycles. The fourth-order valence-corrected chi connectivity index (χ4v) is 1.01. The summed E-state index contributed by atoms with van der Waals surface area (Å²) in [6.07, 6.45) is 0.870. The van der Waals surface area contributed by atoms with E-state index in [9.17, 15) is 0 Å². The second kappa shape index (κ2) is 10.7. The Morgan fingerprint density at radius 3 is 2.62 bits per heavy atom. The van der Waals surface area contributed by atoms with Gasteiger partial charge in [0.15, 0.2) is 0 Å². The predicted molar refractivity (Wildman–Crippen MR) is 65.2 cm³/mol. The van der Waals surface area contributed by atoms with Crippen molar-refractivity contribution in [2.45, 2.75) is 26.3 Å². The van der Waals surface area contributed by atoms with Gasteiger partial charge in [0.2, 0.25) is 5.96 Å². The number of nitrogens with two attached hydrogens (primary N) is 1. The summed E-state index contributed by atoms with van der Waals surface area (Å²) < 4.78 is 10.2. The molecule has 0 aliphatic carbocycles. The number of aliphatic imine (C=N–C) groups is 1. The summed E-state index contributed by atoms with van der Waals surface area (Å²) >= 11 is 0. The van der Waals surface area contributed by atoms with Crippen molar-refractivity contribution >= 4 is 5.96 Å². The van der Waals surface area contributed by atoms with E-state index in [2.05, 4.69) is 15.7 Å². The summed E-state index contributed by atoms with van der Waals surface area (Å²) in [4.78, 5) is 4.26. The third-order valence-electron chi connectivity index (χ3n) is 1.71. The molecule has 0 amide bonds. The van der Waals surface area contributed by atoms with Gasteiger partial charge in [0.05, 0.1) is 13.2 Å². The summed E-state index contributed by atoms with van der Waals surface area (Å²) in [5.74, 6) is 5.93. The molecule has 0 aliphatic rings. The molecule has 4 N–H and O–H groups in total. The van der Waals surface area contributed by atoms with Crippen molar-refractivity contribution in [2.24, 2.45) is 10.8 Å². The Morgan fingerprint density at radius 1 is 1.31 bits per heavy atom. The third kappa shape index (κ3) is 9.70. The first-order chi connectivity index (χ1) is 7.70. The highest BCUT2D eigenvalue weighted by molar-refractivity contribution is 5.79. The van der Waals surface area contributed by atoms with Gasteiger partial charge in [-0.2, -0.15) is 0 Å². The van der Waals surface area contributed by atoms with E-state index in [-0.39, 0.29) is 0 Å². The maximum atomic E-state index is 5.31. The highest BCUT2D eigenvalue weighted by Crippen LogP contribution is 1.85. The number of hydrogen-bond donors (Lipinski definition) is 3. The number of nitrogens with one attached hydrogen (secondary N) is 2. The van der Waals surface area contributed by atoms with Gasteiger partial charge in [-0.25, -0.2) is 5.84 Å². The molecule has 0 rings (SSSR count). The number of methoxy groups -OCH3 is 1. The molecule has 6 heteroatoms. The van der Waals surface area contributed by atoms with E-state index in [0.717, 1.165) is 6.42 Å². The highest BCUT2D eigenvalue weighted by atomic mass is 16.5. The minimum atomic E-state index is 0.313. The molecule has 0 radical (unpaired) electrons. The Kier molecular flexibility index (Phi) is 10.1. The Balaban J connectivity index is 3.48. The topological polar surface area (TPSA) is 80.9 Å². The van der Waals surface area contributed by atoms with E-state index < -0.39 is 0 Å². The van der Waals surface area contributed by atoms with Crippen molar-refractivity contribution in [3.05, 3.63) is 0 Å². The first-order valence-electron chi connectivity index (χ1n) is 5.55. The summed E-state index contributed by atoms with van der Waals surface area (Å²) in [5, 5.41) is 3.09. The van der Waals surface area contributed by atoms with Crippen LogP contribution in [0.3, 0.4) is 0 Å². The van der Waals surface area contributed by atoms with Gasteiger partial charge in [-0.15, -0.1) is 0 Å². The van der Waals surface area contributed by atoms with E-state index in [1.165, 1.54) is 0 Å². The second-order valence-electron chi connectivity index (χ2n) is 3.63. The van der Waals surface area contributed by atoms with Gasteiger partial charge in [0.1, 0.15) is 0 Å². The quantitative estimate of drug-likeness (QED) is 0.178. The van der Waals surface area contributed by atoms with Gasteiger partial charge < -0.3 is 14.8 Å². The number of nitrogens with zero attached hydrogens (tertiary/aromatic N) is 1. The molecule has 0 aromatic heterocycles. The molecule has 0 saturated heterocycles. The van der Waals surface area contributed by atoms with E-state index in [1.54, 1.807) is 7.11 Å². The van der Waals surface area contributed by atoms with Crippen LogP contribution in [0.25, 0.3) is 0 Å². The van der Waals surface area contributed by atoms with Crippen LogP contribution in [0.4, 0.5) is 0 Å². The van der Waals surface area contributed by atoms with Crippen LogP contribution in [0.1, 0.15) is 20.3 Å². The molecule has 0 aliphatic heterocycles. The highest BCUT2D eigenvalue weighted by Gasteiger charge is 1.97. The SMILES string of the molecule is COCCOCCCN=C(NN)NC(C)C. The van der Waals surface area contributed by atoms with Crippen molar-refractivity contribution in [1.29, 1.82) is 0 Å². The van der Waals surface area contributed by atoms with Crippen LogP contribution in [0.15, 0.2) is 4.99 Å². The summed E-state index contributed by atoms with van der Waals surface area (Å²) in [7, 11) is 1.66. The number of hydrogen-bond acceptors (Lipinski definition) is 4. The minimum Gasteiger partial charge on any atom is -0.382 e. The number of ether oxygens (including phenoxy) is 2. The molecule has 0 heterocycles. The Bertz CT molecular complexity index is 186. The molecular weight excluding hydrogens is 208 g/mol. The second-order valence-corrected chi connectivity index (χ2v) is 3.63. The van der Waals surface area contributed by atoms with Crippen LogP contribution in [0.5, 0.6) is 0 Å². The van der Waals surface area contributed by atoms with Gasteiger partial charge in [-0.1, -0.05) is 0 Å². The molecule has 0 aromatic rings. The lowest BCUT2D eigenvalue weighted by Gasteiger charge is -2.11. The Hall–Kier alpha value is -0.850. The standard InChI is InChI=1S/C10H24N4O2/c1-9(2)13-10(14-11)12-5-4-6-16-8-7-15-3/h9H,4-8,11H2,1-3H3,(H2,12,13,14). The molecule has 96 valence electrons. The van der Waals surface area contributed by atoms with E-state index in [4.69, 9.17) is 15.3 Å². The molecule has 0 fully saturated rings. The van der Waals surface area contributed by atoms with Crippen LogP contribution in [0, 0.1) is 0 Å². The number of rotatable bonds is 8. The van der Waals surface area contributed by atoms with Gasteiger partial charge in [0.25, 0.3) is 0 Å². The van der Waals surface area contributed by atoms with E-state index in [0.29, 0.717) is 38.4 Å². The molecular formula is C10H24N4O2. The molecule has 0 atom stereocenters.